The second-order valence-electron chi connectivity index (χ2n) is 8.18. The number of nitrogens with zero attached hydrogens (tertiary/aromatic N) is 7. The minimum absolute atomic E-state index is 0.0338. The van der Waals surface area contributed by atoms with Gasteiger partial charge in [-0.15, -0.1) is 0 Å². The number of imidazole rings is 1. The molecule has 0 spiro atoms. The van der Waals surface area contributed by atoms with Crippen LogP contribution in [0.5, 0.6) is 0 Å². The van der Waals surface area contributed by atoms with Crippen molar-refractivity contribution in [3.8, 4) is 0 Å². The van der Waals surface area contributed by atoms with Crippen molar-refractivity contribution in [2.24, 2.45) is 20.0 Å². The maximum absolute atomic E-state index is 12.9. The first-order chi connectivity index (χ1) is 14.3. The third kappa shape index (κ3) is 3.46. The standard InChI is InChI=1S/C20H27N7O3/c1-13-9-14(2)27(22-13)10-15-5-7-25(8-6-15)16(28)11-26-12-21-18-17(26)19(29)24(4)20(30)23(18)3/h9,12,15H,5-8,10-11H2,1-4H3. The number of aryl methyl sites for hydroxylation is 3. The number of amides is 1. The van der Waals surface area contributed by atoms with Crippen molar-refractivity contribution in [1.82, 2.24) is 33.4 Å². The number of carbonyl (C=O) groups is 1. The predicted molar refractivity (Wildman–Crippen MR) is 111 cm³/mol. The normalized spacial score (nSPS) is 15.3. The van der Waals surface area contributed by atoms with Crippen LogP contribution in [0.25, 0.3) is 11.2 Å². The average molecular weight is 413 g/mol. The summed E-state index contributed by atoms with van der Waals surface area (Å²) in [5.41, 5.74) is 1.87. The lowest BCUT2D eigenvalue weighted by atomic mass is 9.96. The molecule has 3 aromatic heterocycles. The molecule has 1 aliphatic heterocycles. The maximum atomic E-state index is 12.9. The summed E-state index contributed by atoms with van der Waals surface area (Å²) in [6.07, 6.45) is 3.30. The first kappa shape index (κ1) is 20.1. The fraction of sp³-hybridized carbons (Fsp3) is 0.550. The smallest absolute Gasteiger partial charge is 0.332 e. The molecule has 10 heteroatoms. The Morgan fingerprint density at radius 2 is 1.83 bits per heavy atom. The number of aromatic nitrogens is 6. The predicted octanol–water partition coefficient (Wildman–Crippen LogP) is 0.186. The van der Waals surface area contributed by atoms with Gasteiger partial charge in [0, 0.05) is 39.4 Å². The Morgan fingerprint density at radius 1 is 1.13 bits per heavy atom. The third-order valence-electron chi connectivity index (χ3n) is 6.02. The van der Waals surface area contributed by atoms with Gasteiger partial charge >= 0.3 is 5.69 Å². The summed E-state index contributed by atoms with van der Waals surface area (Å²) < 4.78 is 5.95. The number of fused-ring (bicyclic) bond motifs is 1. The molecule has 4 rings (SSSR count). The third-order valence-corrected chi connectivity index (χ3v) is 6.02. The second kappa shape index (κ2) is 7.58. The molecule has 0 unspecified atom stereocenters. The van der Waals surface area contributed by atoms with Gasteiger partial charge in [-0.25, -0.2) is 9.78 Å². The van der Waals surface area contributed by atoms with Crippen LogP contribution in [0.3, 0.4) is 0 Å². The minimum atomic E-state index is -0.443. The molecule has 0 bridgehead atoms. The molecule has 1 fully saturated rings. The van der Waals surface area contributed by atoms with Crippen molar-refractivity contribution in [2.75, 3.05) is 13.1 Å². The molecule has 1 aliphatic rings. The Bertz CT molecular complexity index is 1220. The molecule has 0 radical (unpaired) electrons. The topological polar surface area (TPSA) is 100.0 Å². The Hall–Kier alpha value is -3.17. The van der Waals surface area contributed by atoms with Crippen LogP contribution < -0.4 is 11.2 Å². The van der Waals surface area contributed by atoms with Crippen LogP contribution in [0.4, 0.5) is 0 Å². The highest BCUT2D eigenvalue weighted by molar-refractivity contribution is 5.79. The summed E-state index contributed by atoms with van der Waals surface area (Å²) in [5, 5.41) is 4.54. The molecule has 0 saturated carbocycles. The van der Waals surface area contributed by atoms with E-state index in [0.717, 1.165) is 35.3 Å². The summed E-state index contributed by atoms with van der Waals surface area (Å²) in [4.78, 5) is 43.5. The molecule has 1 amide bonds. The van der Waals surface area contributed by atoms with E-state index in [-0.39, 0.29) is 18.0 Å². The zero-order chi connectivity index (χ0) is 21.6. The highest BCUT2D eigenvalue weighted by atomic mass is 16.2. The van der Waals surface area contributed by atoms with Crippen LogP contribution in [-0.4, -0.2) is 52.4 Å². The lowest BCUT2D eigenvalue weighted by Crippen LogP contribution is -2.41. The quantitative estimate of drug-likeness (QED) is 0.608. The summed E-state index contributed by atoms with van der Waals surface area (Å²) in [6, 6.07) is 2.08. The zero-order valence-corrected chi connectivity index (χ0v) is 17.8. The van der Waals surface area contributed by atoms with Crippen LogP contribution in [0.15, 0.2) is 22.0 Å². The Morgan fingerprint density at radius 3 is 2.47 bits per heavy atom. The molecule has 0 aromatic carbocycles. The first-order valence-corrected chi connectivity index (χ1v) is 10.2. The molecule has 3 aromatic rings. The van der Waals surface area contributed by atoms with E-state index in [1.165, 1.54) is 17.9 Å². The van der Waals surface area contributed by atoms with Crippen molar-refractivity contribution in [1.29, 1.82) is 0 Å². The molecule has 160 valence electrons. The summed E-state index contributed by atoms with van der Waals surface area (Å²) in [6.45, 7) is 6.34. The van der Waals surface area contributed by atoms with Crippen LogP contribution in [0.1, 0.15) is 24.2 Å². The van der Waals surface area contributed by atoms with Crippen LogP contribution in [-0.2, 0) is 32.0 Å². The lowest BCUT2D eigenvalue weighted by molar-refractivity contribution is -0.133. The highest BCUT2D eigenvalue weighted by Crippen LogP contribution is 2.20. The number of hydrogen-bond acceptors (Lipinski definition) is 5. The Kier molecular flexibility index (Phi) is 5.08. The van der Waals surface area contributed by atoms with Gasteiger partial charge in [-0.1, -0.05) is 0 Å². The number of hydrogen-bond donors (Lipinski definition) is 0. The number of likely N-dealkylation sites (tertiary alicyclic amines) is 1. The summed E-state index contributed by atoms with van der Waals surface area (Å²) in [7, 11) is 2.99. The molecule has 0 aliphatic carbocycles. The van der Waals surface area contributed by atoms with E-state index in [2.05, 4.69) is 27.8 Å². The number of rotatable bonds is 4. The highest BCUT2D eigenvalue weighted by Gasteiger charge is 2.25. The molecule has 30 heavy (non-hydrogen) atoms. The molecule has 0 N–H and O–H groups in total. The second-order valence-corrected chi connectivity index (χ2v) is 8.18. The van der Waals surface area contributed by atoms with Crippen molar-refractivity contribution in [2.45, 2.75) is 39.8 Å². The van der Waals surface area contributed by atoms with Gasteiger partial charge in [0.15, 0.2) is 11.2 Å². The molecule has 1 saturated heterocycles. The fourth-order valence-corrected chi connectivity index (χ4v) is 4.23. The summed E-state index contributed by atoms with van der Waals surface area (Å²) >= 11 is 0. The van der Waals surface area contributed by atoms with Crippen molar-refractivity contribution >= 4 is 17.1 Å². The van der Waals surface area contributed by atoms with E-state index in [9.17, 15) is 14.4 Å². The average Bonchev–Trinajstić information content (AvgIpc) is 3.27. The van der Waals surface area contributed by atoms with Gasteiger partial charge in [-0.05, 0) is 38.7 Å². The van der Waals surface area contributed by atoms with Gasteiger partial charge in [0.1, 0.15) is 6.54 Å². The number of piperidine rings is 1. The monoisotopic (exact) mass is 413 g/mol. The van der Waals surface area contributed by atoms with E-state index in [1.807, 2.05) is 11.8 Å². The van der Waals surface area contributed by atoms with Crippen LogP contribution in [0.2, 0.25) is 0 Å². The van der Waals surface area contributed by atoms with Gasteiger partial charge in [0.25, 0.3) is 5.56 Å². The van der Waals surface area contributed by atoms with Gasteiger partial charge < -0.3 is 9.47 Å². The van der Waals surface area contributed by atoms with Gasteiger partial charge in [-0.3, -0.25) is 23.4 Å². The van der Waals surface area contributed by atoms with E-state index < -0.39 is 11.2 Å². The molecule has 4 heterocycles. The molecule has 10 nitrogen and oxygen atoms in total. The Balaban J connectivity index is 1.44. The van der Waals surface area contributed by atoms with Crippen molar-refractivity contribution in [3.63, 3.8) is 0 Å². The van der Waals surface area contributed by atoms with Crippen molar-refractivity contribution in [3.05, 3.63) is 44.6 Å². The van der Waals surface area contributed by atoms with Gasteiger partial charge in [0.2, 0.25) is 5.91 Å². The Labute approximate surface area is 173 Å². The van der Waals surface area contributed by atoms with Gasteiger partial charge in [0.05, 0.1) is 12.0 Å². The van der Waals surface area contributed by atoms with E-state index in [1.54, 1.807) is 11.6 Å². The van der Waals surface area contributed by atoms with Gasteiger partial charge in [-0.2, -0.15) is 5.10 Å². The van der Waals surface area contributed by atoms with E-state index in [4.69, 9.17) is 0 Å². The zero-order valence-electron chi connectivity index (χ0n) is 17.8. The fourth-order valence-electron chi connectivity index (χ4n) is 4.23. The summed E-state index contributed by atoms with van der Waals surface area (Å²) in [5.74, 6) is 0.442. The maximum Gasteiger partial charge on any atom is 0.332 e. The minimum Gasteiger partial charge on any atom is -0.341 e. The van der Waals surface area contributed by atoms with E-state index >= 15 is 0 Å². The van der Waals surface area contributed by atoms with Crippen molar-refractivity contribution < 1.29 is 4.79 Å². The van der Waals surface area contributed by atoms with Crippen LogP contribution >= 0.6 is 0 Å². The van der Waals surface area contributed by atoms with Crippen LogP contribution in [0, 0.1) is 19.8 Å². The molecular weight excluding hydrogens is 386 g/mol. The molecular formula is C20H27N7O3. The first-order valence-electron chi connectivity index (χ1n) is 10.2. The van der Waals surface area contributed by atoms with E-state index in [0.29, 0.717) is 24.7 Å². The number of carbonyl (C=O) groups excluding carboxylic acids is 1. The lowest BCUT2D eigenvalue weighted by Gasteiger charge is -2.32. The molecule has 0 atom stereocenters. The SMILES string of the molecule is Cc1cc(C)n(CC2CCN(C(=O)Cn3cnc4c3c(=O)n(C)c(=O)n4C)CC2)n1. The largest absolute Gasteiger partial charge is 0.341 e.